The Hall–Kier alpha value is -3.07. The van der Waals surface area contributed by atoms with Gasteiger partial charge < -0.3 is 10.2 Å². The summed E-state index contributed by atoms with van der Waals surface area (Å²) in [4.78, 5) is 7.53. The summed E-state index contributed by atoms with van der Waals surface area (Å²) in [5, 5.41) is 3.69. The Bertz CT molecular complexity index is 922. The van der Waals surface area contributed by atoms with Crippen molar-refractivity contribution >= 4 is 5.96 Å². The topological polar surface area (TPSA) is 27.6 Å². The molecule has 3 unspecified atom stereocenters. The maximum Gasteiger partial charge on any atom is 0.195 e. The standard InChI is InChI=1S/C26H29N3/c1-20(23-14-8-4-9-15-23)27-26-28-25(18-22-12-6-3-7-13-22)19-29(26)21(2)24-16-10-5-11-17-24/h3-17,20-21,25H,18-19H2,1-2H3,(H,27,28). The number of nitrogens with zero attached hydrogens (tertiary/aromatic N) is 2. The smallest absolute Gasteiger partial charge is 0.195 e. The maximum atomic E-state index is 5.11. The molecule has 0 fully saturated rings. The number of guanidine groups is 1. The van der Waals surface area contributed by atoms with Gasteiger partial charge in [-0.05, 0) is 37.0 Å². The molecule has 1 N–H and O–H groups in total. The normalized spacial score (nSPS) is 18.2. The number of hydrogen-bond acceptors (Lipinski definition) is 3. The zero-order valence-corrected chi connectivity index (χ0v) is 17.2. The molecule has 1 aliphatic rings. The molecule has 148 valence electrons. The van der Waals surface area contributed by atoms with Gasteiger partial charge in [-0.15, -0.1) is 0 Å². The molecule has 4 rings (SSSR count). The lowest BCUT2D eigenvalue weighted by atomic mass is 10.0. The second kappa shape index (κ2) is 8.95. The molecule has 0 radical (unpaired) electrons. The highest BCUT2D eigenvalue weighted by atomic mass is 15.4. The van der Waals surface area contributed by atoms with E-state index in [1.165, 1.54) is 16.7 Å². The van der Waals surface area contributed by atoms with Gasteiger partial charge >= 0.3 is 0 Å². The minimum absolute atomic E-state index is 0.205. The van der Waals surface area contributed by atoms with E-state index in [0.29, 0.717) is 0 Å². The number of benzene rings is 3. The molecule has 0 aliphatic carbocycles. The Labute approximate surface area is 174 Å². The molecule has 29 heavy (non-hydrogen) atoms. The van der Waals surface area contributed by atoms with Crippen molar-refractivity contribution in [3.05, 3.63) is 108 Å². The first-order valence-corrected chi connectivity index (χ1v) is 10.5. The van der Waals surface area contributed by atoms with E-state index in [0.717, 1.165) is 18.9 Å². The minimum atomic E-state index is 0.205. The third kappa shape index (κ3) is 4.68. The Morgan fingerprint density at radius 1 is 0.828 bits per heavy atom. The zero-order valence-electron chi connectivity index (χ0n) is 17.2. The summed E-state index contributed by atoms with van der Waals surface area (Å²) in [7, 11) is 0. The van der Waals surface area contributed by atoms with Crippen LogP contribution in [0.3, 0.4) is 0 Å². The molecule has 0 spiro atoms. The van der Waals surface area contributed by atoms with Crippen molar-refractivity contribution in [1.29, 1.82) is 0 Å². The summed E-state index contributed by atoms with van der Waals surface area (Å²) in [6, 6.07) is 32.7. The average molecular weight is 384 g/mol. The Balaban J connectivity index is 1.56. The van der Waals surface area contributed by atoms with Crippen molar-refractivity contribution in [3.63, 3.8) is 0 Å². The van der Waals surface area contributed by atoms with Gasteiger partial charge in [0.1, 0.15) is 0 Å². The third-order valence-corrected chi connectivity index (χ3v) is 5.69. The highest BCUT2D eigenvalue weighted by Gasteiger charge is 2.30. The summed E-state index contributed by atoms with van der Waals surface area (Å²) in [6.45, 7) is 5.40. The van der Waals surface area contributed by atoms with Gasteiger partial charge in [0.2, 0.25) is 0 Å². The molecular weight excluding hydrogens is 354 g/mol. The highest BCUT2D eigenvalue weighted by molar-refractivity contribution is 5.82. The molecule has 3 aromatic rings. The lowest BCUT2D eigenvalue weighted by Gasteiger charge is -2.30. The molecule has 3 heteroatoms. The number of hydrogen-bond donors (Lipinski definition) is 1. The summed E-state index contributed by atoms with van der Waals surface area (Å²) < 4.78 is 0. The maximum absolute atomic E-state index is 5.11. The van der Waals surface area contributed by atoms with Crippen LogP contribution in [0, 0.1) is 0 Å². The van der Waals surface area contributed by atoms with Gasteiger partial charge in [-0.3, -0.25) is 0 Å². The molecule has 0 aromatic heterocycles. The van der Waals surface area contributed by atoms with Gasteiger partial charge in [0, 0.05) is 6.54 Å². The van der Waals surface area contributed by atoms with Crippen LogP contribution in [-0.4, -0.2) is 23.4 Å². The molecule has 0 bridgehead atoms. The van der Waals surface area contributed by atoms with Crippen LogP contribution in [0.2, 0.25) is 0 Å². The summed E-state index contributed by atoms with van der Waals surface area (Å²) >= 11 is 0. The second-order valence-electron chi connectivity index (χ2n) is 7.81. The van der Waals surface area contributed by atoms with E-state index in [4.69, 9.17) is 4.99 Å². The van der Waals surface area contributed by atoms with E-state index in [1.807, 2.05) is 0 Å². The molecule has 0 saturated carbocycles. The SMILES string of the molecule is CC(NC1=NC(Cc2ccccc2)CN1C(C)c1ccccc1)c1ccccc1. The number of nitrogens with one attached hydrogen (secondary N) is 1. The number of aliphatic imine (C=N–C) groups is 1. The predicted octanol–water partition coefficient (Wildman–Crippen LogP) is 5.38. The lowest BCUT2D eigenvalue weighted by molar-refractivity contribution is 0.332. The van der Waals surface area contributed by atoms with Crippen LogP contribution in [-0.2, 0) is 6.42 Å². The van der Waals surface area contributed by atoms with Crippen molar-refractivity contribution in [2.45, 2.75) is 38.4 Å². The van der Waals surface area contributed by atoms with E-state index in [2.05, 4.69) is 115 Å². The van der Waals surface area contributed by atoms with Crippen molar-refractivity contribution in [2.75, 3.05) is 6.54 Å². The van der Waals surface area contributed by atoms with E-state index in [1.54, 1.807) is 0 Å². The first-order valence-electron chi connectivity index (χ1n) is 10.5. The van der Waals surface area contributed by atoms with E-state index in [9.17, 15) is 0 Å². The van der Waals surface area contributed by atoms with Crippen molar-refractivity contribution in [2.24, 2.45) is 4.99 Å². The second-order valence-corrected chi connectivity index (χ2v) is 7.81. The summed E-state index contributed by atoms with van der Waals surface area (Å²) in [6.07, 6.45) is 0.962. The Morgan fingerprint density at radius 2 is 1.38 bits per heavy atom. The summed E-state index contributed by atoms with van der Waals surface area (Å²) in [5.74, 6) is 0.999. The van der Waals surface area contributed by atoms with Crippen LogP contribution in [0.25, 0.3) is 0 Å². The average Bonchev–Trinajstić information content (AvgIpc) is 3.17. The fraction of sp³-hybridized carbons (Fsp3) is 0.269. The molecule has 0 saturated heterocycles. The fourth-order valence-electron chi connectivity index (χ4n) is 3.99. The number of rotatable bonds is 6. The van der Waals surface area contributed by atoms with Crippen LogP contribution in [0.5, 0.6) is 0 Å². The molecular formula is C26H29N3. The third-order valence-electron chi connectivity index (χ3n) is 5.69. The lowest BCUT2D eigenvalue weighted by Crippen LogP contribution is -2.41. The Morgan fingerprint density at radius 3 is 2.00 bits per heavy atom. The van der Waals surface area contributed by atoms with Gasteiger partial charge in [0.15, 0.2) is 5.96 Å². The molecule has 1 heterocycles. The summed E-state index contributed by atoms with van der Waals surface area (Å²) in [5.41, 5.74) is 3.93. The molecule has 3 aromatic carbocycles. The molecule has 1 aliphatic heterocycles. The van der Waals surface area contributed by atoms with Gasteiger partial charge in [-0.1, -0.05) is 91.0 Å². The van der Waals surface area contributed by atoms with Crippen LogP contribution in [0.4, 0.5) is 0 Å². The Kier molecular flexibility index (Phi) is 5.95. The van der Waals surface area contributed by atoms with Gasteiger partial charge in [-0.2, -0.15) is 0 Å². The molecule has 0 amide bonds. The minimum Gasteiger partial charge on any atom is -0.350 e. The fourth-order valence-corrected chi connectivity index (χ4v) is 3.99. The monoisotopic (exact) mass is 383 g/mol. The van der Waals surface area contributed by atoms with Gasteiger partial charge in [0.25, 0.3) is 0 Å². The van der Waals surface area contributed by atoms with Crippen molar-refractivity contribution in [1.82, 2.24) is 10.2 Å². The van der Waals surface area contributed by atoms with Crippen LogP contribution < -0.4 is 5.32 Å². The van der Waals surface area contributed by atoms with Crippen LogP contribution in [0.1, 0.15) is 42.6 Å². The molecule has 3 nitrogen and oxygen atoms in total. The van der Waals surface area contributed by atoms with Gasteiger partial charge in [0.05, 0.1) is 18.1 Å². The van der Waals surface area contributed by atoms with Crippen LogP contribution >= 0.6 is 0 Å². The largest absolute Gasteiger partial charge is 0.350 e. The first kappa shape index (κ1) is 19.3. The highest BCUT2D eigenvalue weighted by Crippen LogP contribution is 2.26. The van der Waals surface area contributed by atoms with Gasteiger partial charge in [-0.25, -0.2) is 4.99 Å². The van der Waals surface area contributed by atoms with E-state index < -0.39 is 0 Å². The molecule has 3 atom stereocenters. The zero-order chi connectivity index (χ0) is 20.1. The van der Waals surface area contributed by atoms with Crippen LogP contribution in [0.15, 0.2) is 96.0 Å². The van der Waals surface area contributed by atoms with Crippen molar-refractivity contribution < 1.29 is 0 Å². The van der Waals surface area contributed by atoms with E-state index >= 15 is 0 Å². The van der Waals surface area contributed by atoms with E-state index in [-0.39, 0.29) is 18.1 Å². The van der Waals surface area contributed by atoms with Crippen molar-refractivity contribution in [3.8, 4) is 0 Å². The first-order chi connectivity index (χ1) is 14.2. The quantitative estimate of drug-likeness (QED) is 0.619. The predicted molar refractivity (Wildman–Crippen MR) is 121 cm³/mol.